The van der Waals surface area contributed by atoms with Crippen LogP contribution in [0.15, 0.2) is 51.8 Å². The molecule has 0 fully saturated rings. The number of carbonyl (C=O) groups is 1. The molecule has 0 bridgehead atoms. The van der Waals surface area contributed by atoms with Gasteiger partial charge in [-0.05, 0) is 59.3 Å². The van der Waals surface area contributed by atoms with E-state index < -0.39 is 28.4 Å². The largest absolute Gasteiger partial charge is 0.496 e. The second kappa shape index (κ2) is 8.50. The molecule has 26 heavy (non-hydrogen) atoms. The fourth-order valence-corrected chi connectivity index (χ4v) is 4.32. The van der Waals surface area contributed by atoms with Gasteiger partial charge in [0.1, 0.15) is 18.1 Å². The summed E-state index contributed by atoms with van der Waals surface area (Å²) in [4.78, 5) is 11.8. The molecule has 2 aromatic rings. The molecule has 0 aliphatic rings. The number of halogens is 2. The maximum Gasteiger partial charge on any atom is 0.326 e. The van der Waals surface area contributed by atoms with Gasteiger partial charge in [0.15, 0.2) is 0 Å². The highest BCUT2D eigenvalue weighted by atomic mass is 79.9. The topological polar surface area (TPSA) is 72.9 Å². The van der Waals surface area contributed by atoms with E-state index in [1.807, 2.05) is 0 Å². The molecule has 2 aromatic carbocycles. The first-order chi connectivity index (χ1) is 12.3. The lowest BCUT2D eigenvalue weighted by molar-refractivity contribution is -0.141. The van der Waals surface area contributed by atoms with E-state index in [1.54, 1.807) is 6.92 Å². The van der Waals surface area contributed by atoms with Gasteiger partial charge in [0, 0.05) is 0 Å². The zero-order chi connectivity index (χ0) is 19.3. The van der Waals surface area contributed by atoms with Crippen LogP contribution in [0, 0.1) is 5.82 Å². The first-order valence-corrected chi connectivity index (χ1v) is 9.80. The summed E-state index contributed by atoms with van der Waals surface area (Å²) in [7, 11) is -2.70. The van der Waals surface area contributed by atoms with Crippen molar-refractivity contribution in [3.63, 3.8) is 0 Å². The fraction of sp³-hybridized carbons (Fsp3) is 0.235. The van der Waals surface area contributed by atoms with Crippen LogP contribution in [0.2, 0.25) is 0 Å². The number of anilines is 1. The third kappa shape index (κ3) is 4.53. The van der Waals surface area contributed by atoms with Crippen molar-refractivity contribution in [2.24, 2.45) is 0 Å². The van der Waals surface area contributed by atoms with Gasteiger partial charge in [-0.25, -0.2) is 12.8 Å². The smallest absolute Gasteiger partial charge is 0.326 e. The molecule has 6 nitrogen and oxygen atoms in total. The molecule has 0 heterocycles. The average Bonchev–Trinajstić information content (AvgIpc) is 2.59. The van der Waals surface area contributed by atoms with Crippen molar-refractivity contribution >= 4 is 37.6 Å². The van der Waals surface area contributed by atoms with Crippen LogP contribution < -0.4 is 9.04 Å². The van der Waals surface area contributed by atoms with Crippen molar-refractivity contribution in [3.8, 4) is 5.75 Å². The van der Waals surface area contributed by atoms with Gasteiger partial charge < -0.3 is 9.47 Å². The van der Waals surface area contributed by atoms with Crippen molar-refractivity contribution in [2.75, 3.05) is 24.6 Å². The highest BCUT2D eigenvalue weighted by Crippen LogP contribution is 2.30. The number of hydrogen-bond acceptors (Lipinski definition) is 5. The summed E-state index contributed by atoms with van der Waals surface area (Å²) < 4.78 is 50.9. The second-order valence-corrected chi connectivity index (χ2v) is 7.81. The molecule has 0 unspecified atom stereocenters. The molecule has 0 aliphatic carbocycles. The molecule has 0 N–H and O–H groups in total. The Labute approximate surface area is 159 Å². The highest BCUT2D eigenvalue weighted by molar-refractivity contribution is 9.10. The number of sulfonamides is 1. The van der Waals surface area contributed by atoms with Gasteiger partial charge >= 0.3 is 5.97 Å². The van der Waals surface area contributed by atoms with E-state index in [-0.39, 0.29) is 17.2 Å². The molecular formula is C17H17BrFNO5S. The Morgan fingerprint density at radius 3 is 2.54 bits per heavy atom. The molecular weight excluding hydrogens is 429 g/mol. The lowest BCUT2D eigenvalue weighted by atomic mass is 10.3. The van der Waals surface area contributed by atoms with E-state index in [1.165, 1.54) is 43.5 Å². The van der Waals surface area contributed by atoms with E-state index >= 15 is 0 Å². The molecule has 0 atom stereocenters. The number of nitrogens with zero attached hydrogens (tertiary/aromatic N) is 1. The third-order valence-electron chi connectivity index (χ3n) is 3.39. The van der Waals surface area contributed by atoms with E-state index in [9.17, 15) is 17.6 Å². The lowest BCUT2D eigenvalue weighted by Crippen LogP contribution is -2.36. The number of hydrogen-bond donors (Lipinski definition) is 0. The summed E-state index contributed by atoms with van der Waals surface area (Å²) >= 11 is 3.23. The molecule has 2 rings (SSSR count). The van der Waals surface area contributed by atoms with Crippen LogP contribution in [-0.4, -0.2) is 34.6 Å². The number of rotatable bonds is 7. The van der Waals surface area contributed by atoms with Gasteiger partial charge in [-0.2, -0.15) is 0 Å². The Morgan fingerprint density at radius 1 is 1.23 bits per heavy atom. The van der Waals surface area contributed by atoms with E-state index in [2.05, 4.69) is 15.9 Å². The standard InChI is InChI=1S/C17H17BrFNO5S/c1-3-25-17(21)11-20(13-6-4-5-12(19)9-13)26(22,23)14-7-8-16(24-2)15(18)10-14/h4-10H,3,11H2,1-2H3. The summed E-state index contributed by atoms with van der Waals surface area (Å²) in [6, 6.07) is 9.16. The van der Waals surface area contributed by atoms with E-state index in [4.69, 9.17) is 9.47 Å². The molecule has 0 amide bonds. The van der Waals surface area contributed by atoms with Crippen LogP contribution in [0.4, 0.5) is 10.1 Å². The first kappa shape index (κ1) is 20.2. The Morgan fingerprint density at radius 2 is 1.96 bits per heavy atom. The van der Waals surface area contributed by atoms with E-state index in [0.29, 0.717) is 10.2 Å². The van der Waals surface area contributed by atoms with Crippen LogP contribution in [0.1, 0.15) is 6.92 Å². The Kier molecular flexibility index (Phi) is 6.60. The summed E-state index contributed by atoms with van der Waals surface area (Å²) in [6.45, 7) is 1.13. The van der Waals surface area contributed by atoms with Gasteiger partial charge in [0.05, 0.1) is 28.8 Å². The maximum atomic E-state index is 13.6. The lowest BCUT2D eigenvalue weighted by Gasteiger charge is -2.24. The summed E-state index contributed by atoms with van der Waals surface area (Å²) in [5, 5.41) is 0. The zero-order valence-corrected chi connectivity index (χ0v) is 16.5. The number of ether oxygens (including phenoxy) is 2. The average molecular weight is 446 g/mol. The monoisotopic (exact) mass is 445 g/mol. The van der Waals surface area contributed by atoms with Crippen molar-refractivity contribution in [3.05, 3.63) is 52.8 Å². The number of benzene rings is 2. The van der Waals surface area contributed by atoms with Crippen LogP contribution in [0.3, 0.4) is 0 Å². The van der Waals surface area contributed by atoms with Crippen molar-refractivity contribution in [1.82, 2.24) is 0 Å². The van der Waals surface area contributed by atoms with Crippen LogP contribution in [0.25, 0.3) is 0 Å². The van der Waals surface area contributed by atoms with Crippen LogP contribution >= 0.6 is 15.9 Å². The van der Waals surface area contributed by atoms with Gasteiger partial charge in [-0.1, -0.05) is 6.07 Å². The predicted molar refractivity (Wildman–Crippen MR) is 98.3 cm³/mol. The fourth-order valence-electron chi connectivity index (χ4n) is 2.20. The highest BCUT2D eigenvalue weighted by Gasteiger charge is 2.28. The van der Waals surface area contributed by atoms with Gasteiger partial charge in [0.25, 0.3) is 10.0 Å². The van der Waals surface area contributed by atoms with Crippen molar-refractivity contribution in [1.29, 1.82) is 0 Å². The number of carbonyl (C=O) groups excluding carboxylic acids is 1. The van der Waals surface area contributed by atoms with Crippen molar-refractivity contribution in [2.45, 2.75) is 11.8 Å². The zero-order valence-electron chi connectivity index (χ0n) is 14.1. The van der Waals surface area contributed by atoms with Crippen LogP contribution in [0.5, 0.6) is 5.75 Å². The van der Waals surface area contributed by atoms with Crippen molar-refractivity contribution < 1.29 is 27.1 Å². The van der Waals surface area contributed by atoms with Gasteiger partial charge in [-0.3, -0.25) is 9.10 Å². The maximum absolute atomic E-state index is 13.6. The minimum absolute atomic E-state index is 0.0185. The normalized spacial score (nSPS) is 11.1. The Bertz CT molecular complexity index is 904. The minimum Gasteiger partial charge on any atom is -0.496 e. The number of esters is 1. The molecule has 0 saturated heterocycles. The second-order valence-electron chi connectivity index (χ2n) is 5.09. The Hall–Kier alpha value is -2.13. The molecule has 0 aromatic heterocycles. The molecule has 0 saturated carbocycles. The molecule has 140 valence electrons. The molecule has 0 aliphatic heterocycles. The quantitative estimate of drug-likeness (QED) is 0.610. The minimum atomic E-state index is -4.15. The van der Waals surface area contributed by atoms with Crippen LogP contribution in [-0.2, 0) is 19.6 Å². The molecule has 0 spiro atoms. The number of methoxy groups -OCH3 is 1. The Balaban J connectivity index is 2.52. The summed E-state index contributed by atoms with van der Waals surface area (Å²) in [6.07, 6.45) is 0. The summed E-state index contributed by atoms with van der Waals surface area (Å²) in [5.41, 5.74) is 0.0185. The van der Waals surface area contributed by atoms with E-state index in [0.717, 1.165) is 10.4 Å². The molecule has 9 heteroatoms. The SMILES string of the molecule is CCOC(=O)CN(c1cccc(F)c1)S(=O)(=O)c1ccc(OC)c(Br)c1. The third-order valence-corrected chi connectivity index (χ3v) is 5.78. The van der Waals surface area contributed by atoms with Gasteiger partial charge in [0.2, 0.25) is 0 Å². The molecule has 0 radical (unpaired) electrons. The summed E-state index contributed by atoms with van der Waals surface area (Å²) in [5.74, 6) is -0.915. The van der Waals surface area contributed by atoms with Gasteiger partial charge in [-0.15, -0.1) is 0 Å². The first-order valence-electron chi connectivity index (χ1n) is 7.57. The predicted octanol–water partition coefficient (Wildman–Crippen LogP) is 3.36.